The molecule has 2 N–H and O–H groups in total. The number of aliphatic carboxylic acids is 1. The third kappa shape index (κ3) is 4.65. The van der Waals surface area contributed by atoms with Gasteiger partial charge in [0.1, 0.15) is 0 Å². The van der Waals surface area contributed by atoms with Crippen LogP contribution in [0, 0.1) is 12.8 Å². The van der Waals surface area contributed by atoms with E-state index in [0.29, 0.717) is 0 Å². The number of carboxylic acid groups (broad SMARTS) is 1. The Morgan fingerprint density at radius 1 is 1.26 bits per heavy atom. The fourth-order valence-corrected chi connectivity index (χ4v) is 2.99. The van der Waals surface area contributed by atoms with Crippen LogP contribution in [0.25, 0.3) is 0 Å². The molecular formula is C13H19NO4S. The number of nitrogens with one attached hydrogen (secondary N) is 1. The molecule has 0 saturated carbocycles. The summed E-state index contributed by atoms with van der Waals surface area (Å²) in [4.78, 5) is 10.9. The summed E-state index contributed by atoms with van der Waals surface area (Å²) in [5, 5.41) is 8.80. The van der Waals surface area contributed by atoms with Crippen LogP contribution in [-0.4, -0.2) is 25.5 Å². The first-order chi connectivity index (χ1) is 8.72. The van der Waals surface area contributed by atoms with Crippen LogP contribution < -0.4 is 4.72 Å². The number of sulfonamides is 1. The Labute approximate surface area is 113 Å². The molecule has 0 radical (unpaired) electrons. The smallest absolute Gasteiger partial charge is 0.306 e. The van der Waals surface area contributed by atoms with Gasteiger partial charge < -0.3 is 5.11 Å². The van der Waals surface area contributed by atoms with Crippen LogP contribution in [0.5, 0.6) is 0 Å². The SMILES string of the molecule is Cc1ccc(S(=O)(=O)N[C@H](C)C[C@H](C)C(=O)O)cc1. The number of hydrogen-bond donors (Lipinski definition) is 2. The summed E-state index contributed by atoms with van der Waals surface area (Å²) in [7, 11) is -3.59. The normalized spacial score (nSPS) is 14.9. The van der Waals surface area contributed by atoms with Crippen molar-refractivity contribution in [3.8, 4) is 0 Å². The quantitative estimate of drug-likeness (QED) is 0.834. The van der Waals surface area contributed by atoms with Crippen LogP contribution in [-0.2, 0) is 14.8 Å². The lowest BCUT2D eigenvalue weighted by atomic mass is 10.0. The molecule has 0 amide bonds. The van der Waals surface area contributed by atoms with Gasteiger partial charge in [0.25, 0.3) is 0 Å². The highest BCUT2D eigenvalue weighted by Gasteiger charge is 2.21. The minimum absolute atomic E-state index is 0.188. The summed E-state index contributed by atoms with van der Waals surface area (Å²) in [6, 6.07) is 6.08. The van der Waals surface area contributed by atoms with E-state index in [9.17, 15) is 13.2 Å². The zero-order chi connectivity index (χ0) is 14.6. The fraction of sp³-hybridized carbons (Fsp3) is 0.462. The van der Waals surface area contributed by atoms with Gasteiger partial charge in [0, 0.05) is 6.04 Å². The van der Waals surface area contributed by atoms with Crippen molar-refractivity contribution in [1.82, 2.24) is 4.72 Å². The first-order valence-corrected chi connectivity index (χ1v) is 7.52. The van der Waals surface area contributed by atoms with Crippen molar-refractivity contribution in [1.29, 1.82) is 0 Å². The largest absolute Gasteiger partial charge is 0.481 e. The molecule has 2 atom stereocenters. The molecule has 0 heterocycles. The first kappa shape index (κ1) is 15.7. The van der Waals surface area contributed by atoms with Crippen molar-refractivity contribution >= 4 is 16.0 Å². The van der Waals surface area contributed by atoms with Gasteiger partial charge in [0.2, 0.25) is 10.0 Å². The summed E-state index contributed by atoms with van der Waals surface area (Å²) >= 11 is 0. The lowest BCUT2D eigenvalue weighted by molar-refractivity contribution is -0.141. The molecule has 5 nitrogen and oxygen atoms in total. The van der Waals surface area contributed by atoms with Gasteiger partial charge in [-0.15, -0.1) is 0 Å². The topological polar surface area (TPSA) is 83.5 Å². The average molecular weight is 285 g/mol. The van der Waals surface area contributed by atoms with Crippen molar-refractivity contribution in [2.24, 2.45) is 5.92 Å². The fourth-order valence-electron chi connectivity index (χ4n) is 1.73. The highest BCUT2D eigenvalue weighted by molar-refractivity contribution is 7.89. The molecule has 0 unspecified atom stereocenters. The lowest BCUT2D eigenvalue weighted by Crippen LogP contribution is -2.34. The number of carboxylic acids is 1. The van der Waals surface area contributed by atoms with E-state index in [1.165, 1.54) is 12.1 Å². The van der Waals surface area contributed by atoms with E-state index in [2.05, 4.69) is 4.72 Å². The van der Waals surface area contributed by atoms with E-state index in [1.54, 1.807) is 26.0 Å². The maximum absolute atomic E-state index is 12.0. The van der Waals surface area contributed by atoms with E-state index in [-0.39, 0.29) is 11.3 Å². The van der Waals surface area contributed by atoms with Crippen molar-refractivity contribution in [3.63, 3.8) is 0 Å². The maximum Gasteiger partial charge on any atom is 0.306 e. The second kappa shape index (κ2) is 6.16. The maximum atomic E-state index is 12.0. The van der Waals surface area contributed by atoms with Crippen LogP contribution in [0.4, 0.5) is 0 Å². The lowest BCUT2D eigenvalue weighted by Gasteiger charge is -2.16. The molecule has 0 aromatic heterocycles. The number of benzene rings is 1. The van der Waals surface area contributed by atoms with Gasteiger partial charge in [-0.25, -0.2) is 13.1 Å². The molecule has 0 bridgehead atoms. The number of hydrogen-bond acceptors (Lipinski definition) is 3. The zero-order valence-corrected chi connectivity index (χ0v) is 12.1. The van der Waals surface area contributed by atoms with Crippen LogP contribution in [0.15, 0.2) is 29.2 Å². The molecule has 0 aliphatic rings. The Morgan fingerprint density at radius 2 is 1.79 bits per heavy atom. The van der Waals surface area contributed by atoms with Crippen LogP contribution in [0.3, 0.4) is 0 Å². The van der Waals surface area contributed by atoms with E-state index < -0.39 is 28.0 Å². The summed E-state index contributed by atoms with van der Waals surface area (Å²) in [6.45, 7) is 5.09. The first-order valence-electron chi connectivity index (χ1n) is 6.04. The third-order valence-corrected chi connectivity index (χ3v) is 4.42. The Kier molecular flexibility index (Phi) is 5.08. The molecule has 6 heteroatoms. The minimum Gasteiger partial charge on any atom is -0.481 e. The van der Waals surface area contributed by atoms with Gasteiger partial charge in [0.15, 0.2) is 0 Å². The summed E-state index contributed by atoms with van der Waals surface area (Å²) in [5.74, 6) is -1.52. The molecular weight excluding hydrogens is 266 g/mol. The summed E-state index contributed by atoms with van der Waals surface area (Å²) in [6.07, 6.45) is 0.250. The van der Waals surface area contributed by atoms with E-state index in [0.717, 1.165) is 5.56 Å². The van der Waals surface area contributed by atoms with Gasteiger partial charge >= 0.3 is 5.97 Å². The molecule has 0 spiro atoms. The van der Waals surface area contributed by atoms with Crippen molar-refractivity contribution in [2.45, 2.75) is 38.1 Å². The van der Waals surface area contributed by atoms with Crippen LogP contribution >= 0.6 is 0 Å². The Bertz CT molecular complexity index is 536. The molecule has 1 aromatic carbocycles. The molecule has 0 aliphatic carbocycles. The van der Waals surface area contributed by atoms with Gasteiger partial charge in [-0.05, 0) is 32.4 Å². The Morgan fingerprint density at radius 3 is 2.26 bits per heavy atom. The van der Waals surface area contributed by atoms with Crippen molar-refractivity contribution in [3.05, 3.63) is 29.8 Å². The number of aryl methyl sites for hydroxylation is 1. The Balaban J connectivity index is 2.74. The van der Waals surface area contributed by atoms with Crippen LogP contribution in [0.1, 0.15) is 25.8 Å². The highest BCUT2D eigenvalue weighted by atomic mass is 32.2. The predicted octanol–water partition coefficient (Wildman–Crippen LogP) is 1.77. The standard InChI is InChI=1S/C13H19NO4S/c1-9-4-6-12(7-5-9)19(17,18)14-11(3)8-10(2)13(15)16/h4-7,10-11,14H,8H2,1-3H3,(H,15,16)/t10-,11+/m0/s1. The third-order valence-electron chi connectivity index (χ3n) is 2.82. The highest BCUT2D eigenvalue weighted by Crippen LogP contribution is 2.13. The monoisotopic (exact) mass is 285 g/mol. The zero-order valence-electron chi connectivity index (χ0n) is 11.3. The second-order valence-corrected chi connectivity index (χ2v) is 6.52. The van der Waals surface area contributed by atoms with Gasteiger partial charge in [-0.1, -0.05) is 24.6 Å². The molecule has 1 aromatic rings. The molecule has 0 aliphatic heterocycles. The molecule has 19 heavy (non-hydrogen) atoms. The number of rotatable bonds is 6. The average Bonchev–Trinajstić information content (AvgIpc) is 2.28. The summed E-state index contributed by atoms with van der Waals surface area (Å²) in [5.41, 5.74) is 0.978. The molecule has 1 rings (SSSR count). The number of carbonyl (C=O) groups is 1. The van der Waals surface area contributed by atoms with E-state index in [4.69, 9.17) is 5.11 Å². The summed E-state index contributed by atoms with van der Waals surface area (Å²) < 4.78 is 26.6. The van der Waals surface area contributed by atoms with Gasteiger partial charge in [-0.2, -0.15) is 0 Å². The van der Waals surface area contributed by atoms with E-state index >= 15 is 0 Å². The van der Waals surface area contributed by atoms with Crippen molar-refractivity contribution < 1.29 is 18.3 Å². The minimum atomic E-state index is -3.59. The molecule has 0 fully saturated rings. The second-order valence-electron chi connectivity index (χ2n) is 4.81. The Hall–Kier alpha value is -1.40. The molecule has 0 saturated heterocycles. The van der Waals surface area contributed by atoms with Crippen molar-refractivity contribution in [2.75, 3.05) is 0 Å². The van der Waals surface area contributed by atoms with Gasteiger partial charge in [-0.3, -0.25) is 4.79 Å². The molecule has 106 valence electrons. The van der Waals surface area contributed by atoms with Crippen LogP contribution in [0.2, 0.25) is 0 Å². The van der Waals surface area contributed by atoms with E-state index in [1.807, 2.05) is 6.92 Å². The van der Waals surface area contributed by atoms with Gasteiger partial charge in [0.05, 0.1) is 10.8 Å². The predicted molar refractivity (Wildman–Crippen MR) is 72.4 cm³/mol.